The van der Waals surface area contributed by atoms with Gasteiger partial charge in [-0.15, -0.1) is 0 Å². The summed E-state index contributed by atoms with van der Waals surface area (Å²) in [6, 6.07) is 5.21. The van der Waals surface area contributed by atoms with Crippen LogP contribution in [0, 0.1) is 5.82 Å². The van der Waals surface area contributed by atoms with Crippen molar-refractivity contribution in [2.24, 2.45) is 4.99 Å². The van der Waals surface area contributed by atoms with E-state index in [1.807, 2.05) is 63.1 Å². The number of hydrogen-bond acceptors (Lipinski definition) is 2. The van der Waals surface area contributed by atoms with Gasteiger partial charge in [0.2, 0.25) is 0 Å². The van der Waals surface area contributed by atoms with Crippen molar-refractivity contribution in [3.63, 3.8) is 0 Å². The first kappa shape index (κ1) is 16.4. The van der Waals surface area contributed by atoms with Gasteiger partial charge in [-0.1, -0.05) is 6.07 Å². The molecule has 20 heavy (non-hydrogen) atoms. The van der Waals surface area contributed by atoms with E-state index >= 15 is 0 Å². The monoisotopic (exact) mass is 280 g/mol. The molecule has 0 atom stereocenters. The minimum Gasteiger partial charge on any atom is -0.349 e. The molecule has 0 unspecified atom stereocenters. The highest BCUT2D eigenvalue weighted by Gasteiger charge is 2.07. The lowest BCUT2D eigenvalue weighted by Gasteiger charge is -2.22. The number of benzene rings is 1. The van der Waals surface area contributed by atoms with E-state index in [9.17, 15) is 4.39 Å². The van der Waals surface area contributed by atoms with E-state index in [-0.39, 0.29) is 5.82 Å². The lowest BCUT2D eigenvalue weighted by molar-refractivity contribution is 0.392. The maximum absolute atomic E-state index is 13.7. The van der Waals surface area contributed by atoms with Crippen LogP contribution >= 0.6 is 0 Å². The molecule has 4 nitrogen and oxygen atoms in total. The zero-order valence-electron chi connectivity index (χ0n) is 13.3. The summed E-state index contributed by atoms with van der Waals surface area (Å²) in [5, 5.41) is 0. The van der Waals surface area contributed by atoms with E-state index in [0.717, 1.165) is 11.5 Å². The molecule has 0 heterocycles. The van der Waals surface area contributed by atoms with Gasteiger partial charge in [0.15, 0.2) is 5.96 Å². The van der Waals surface area contributed by atoms with Crippen LogP contribution in [-0.2, 0) is 13.1 Å². The molecule has 0 amide bonds. The van der Waals surface area contributed by atoms with Gasteiger partial charge in [0.25, 0.3) is 0 Å². The third-order valence-electron chi connectivity index (χ3n) is 2.80. The molecular formula is C15H25FN4. The quantitative estimate of drug-likeness (QED) is 0.621. The van der Waals surface area contributed by atoms with Gasteiger partial charge in [-0.3, -0.25) is 0 Å². The first-order valence-electron chi connectivity index (χ1n) is 6.62. The standard InChI is InChI=1S/C15H25FN4/c1-18(2)11-13-9-12(7-8-14(13)16)10-17-15(19(3)4)20(5)6/h7-9H,10-11H2,1-6H3. The summed E-state index contributed by atoms with van der Waals surface area (Å²) < 4.78 is 13.7. The van der Waals surface area contributed by atoms with Crippen LogP contribution < -0.4 is 0 Å². The van der Waals surface area contributed by atoms with Gasteiger partial charge >= 0.3 is 0 Å². The van der Waals surface area contributed by atoms with Crippen LogP contribution in [0.3, 0.4) is 0 Å². The summed E-state index contributed by atoms with van der Waals surface area (Å²) in [7, 11) is 11.7. The zero-order valence-corrected chi connectivity index (χ0v) is 13.3. The lowest BCUT2D eigenvalue weighted by Crippen LogP contribution is -2.35. The number of aliphatic imine (C=N–C) groups is 1. The Bertz CT molecular complexity index is 457. The minimum atomic E-state index is -0.160. The van der Waals surface area contributed by atoms with Crippen LogP contribution in [0.2, 0.25) is 0 Å². The fraction of sp³-hybridized carbons (Fsp3) is 0.533. The number of nitrogens with zero attached hydrogens (tertiary/aromatic N) is 4. The van der Waals surface area contributed by atoms with Crippen LogP contribution in [0.1, 0.15) is 11.1 Å². The van der Waals surface area contributed by atoms with Crippen molar-refractivity contribution in [1.29, 1.82) is 0 Å². The fourth-order valence-corrected chi connectivity index (χ4v) is 2.03. The van der Waals surface area contributed by atoms with Gasteiger partial charge in [-0.05, 0) is 31.8 Å². The largest absolute Gasteiger partial charge is 0.349 e. The number of halogens is 1. The van der Waals surface area contributed by atoms with E-state index in [4.69, 9.17) is 0 Å². The summed E-state index contributed by atoms with van der Waals surface area (Å²) in [6.45, 7) is 1.14. The van der Waals surface area contributed by atoms with Crippen molar-refractivity contribution in [2.45, 2.75) is 13.1 Å². The van der Waals surface area contributed by atoms with Crippen LogP contribution in [0.15, 0.2) is 23.2 Å². The molecule has 0 bridgehead atoms. The molecule has 1 aromatic carbocycles. The smallest absolute Gasteiger partial charge is 0.195 e. The van der Waals surface area contributed by atoms with Gasteiger partial charge < -0.3 is 14.7 Å². The molecule has 0 saturated heterocycles. The Morgan fingerprint density at radius 1 is 1.05 bits per heavy atom. The summed E-state index contributed by atoms with van der Waals surface area (Å²) in [5.74, 6) is 0.732. The highest BCUT2D eigenvalue weighted by molar-refractivity contribution is 5.79. The molecule has 0 radical (unpaired) electrons. The molecule has 0 aliphatic rings. The average molecular weight is 280 g/mol. The molecule has 1 rings (SSSR count). The fourth-order valence-electron chi connectivity index (χ4n) is 2.03. The van der Waals surface area contributed by atoms with Gasteiger partial charge in [-0.25, -0.2) is 9.38 Å². The predicted molar refractivity (Wildman–Crippen MR) is 82.3 cm³/mol. The third kappa shape index (κ3) is 4.81. The Hall–Kier alpha value is -1.62. The van der Waals surface area contributed by atoms with Crippen LogP contribution in [0.4, 0.5) is 4.39 Å². The van der Waals surface area contributed by atoms with Gasteiger partial charge in [0.05, 0.1) is 6.54 Å². The third-order valence-corrected chi connectivity index (χ3v) is 2.80. The van der Waals surface area contributed by atoms with Crippen molar-refractivity contribution in [3.05, 3.63) is 35.1 Å². The summed E-state index contributed by atoms with van der Waals surface area (Å²) >= 11 is 0. The van der Waals surface area contributed by atoms with E-state index in [2.05, 4.69) is 4.99 Å². The molecule has 0 aliphatic heterocycles. The Morgan fingerprint density at radius 3 is 2.15 bits per heavy atom. The van der Waals surface area contributed by atoms with Gasteiger partial charge in [0, 0.05) is 40.3 Å². The van der Waals surface area contributed by atoms with E-state index in [1.165, 1.54) is 6.07 Å². The lowest BCUT2D eigenvalue weighted by atomic mass is 10.1. The number of rotatable bonds is 4. The molecule has 0 N–H and O–H groups in total. The van der Waals surface area contributed by atoms with E-state index < -0.39 is 0 Å². The Labute approximate surface area is 121 Å². The second-order valence-electron chi connectivity index (χ2n) is 5.57. The van der Waals surface area contributed by atoms with Crippen molar-refractivity contribution < 1.29 is 4.39 Å². The normalized spacial score (nSPS) is 10.6. The first-order chi connectivity index (χ1) is 9.31. The number of guanidine groups is 1. The minimum absolute atomic E-state index is 0.160. The highest BCUT2D eigenvalue weighted by atomic mass is 19.1. The van der Waals surface area contributed by atoms with Crippen LogP contribution in [0.5, 0.6) is 0 Å². The van der Waals surface area contributed by atoms with Crippen LogP contribution in [-0.4, -0.2) is 62.9 Å². The maximum atomic E-state index is 13.7. The van der Waals surface area contributed by atoms with Crippen molar-refractivity contribution in [2.75, 3.05) is 42.3 Å². The Morgan fingerprint density at radius 2 is 1.65 bits per heavy atom. The van der Waals surface area contributed by atoms with E-state index in [0.29, 0.717) is 18.7 Å². The first-order valence-corrected chi connectivity index (χ1v) is 6.62. The predicted octanol–water partition coefficient (Wildman–Crippen LogP) is 1.87. The molecular weight excluding hydrogens is 255 g/mol. The molecule has 112 valence electrons. The highest BCUT2D eigenvalue weighted by Crippen LogP contribution is 2.13. The van der Waals surface area contributed by atoms with Crippen molar-refractivity contribution >= 4 is 5.96 Å². The Balaban J connectivity index is 2.90. The SMILES string of the molecule is CN(C)Cc1cc(CN=C(N(C)C)N(C)C)ccc1F. The average Bonchev–Trinajstić information content (AvgIpc) is 2.31. The summed E-state index contributed by atoms with van der Waals surface area (Å²) in [6.07, 6.45) is 0. The van der Waals surface area contributed by atoms with Gasteiger partial charge in [-0.2, -0.15) is 0 Å². The second-order valence-corrected chi connectivity index (χ2v) is 5.57. The van der Waals surface area contributed by atoms with Crippen molar-refractivity contribution in [3.8, 4) is 0 Å². The summed E-state index contributed by atoms with van der Waals surface area (Å²) in [4.78, 5) is 10.5. The van der Waals surface area contributed by atoms with Crippen molar-refractivity contribution in [1.82, 2.24) is 14.7 Å². The molecule has 0 saturated carbocycles. The number of hydrogen-bond donors (Lipinski definition) is 0. The molecule has 0 fully saturated rings. The molecule has 0 aromatic heterocycles. The molecule has 0 spiro atoms. The topological polar surface area (TPSA) is 22.1 Å². The maximum Gasteiger partial charge on any atom is 0.195 e. The second kappa shape index (κ2) is 7.24. The van der Waals surface area contributed by atoms with Gasteiger partial charge in [0.1, 0.15) is 5.82 Å². The van der Waals surface area contributed by atoms with Crippen LogP contribution in [0.25, 0.3) is 0 Å². The Kier molecular flexibility index (Phi) is 5.95. The van der Waals surface area contributed by atoms with E-state index in [1.54, 1.807) is 6.07 Å². The molecule has 5 heteroatoms. The zero-order chi connectivity index (χ0) is 15.3. The molecule has 0 aliphatic carbocycles. The molecule has 1 aromatic rings. The summed E-state index contributed by atoms with van der Waals surface area (Å²) in [5.41, 5.74) is 1.73.